The average Bonchev–Trinajstić information content (AvgIpc) is 3.06. The summed E-state index contributed by atoms with van der Waals surface area (Å²) in [5, 5.41) is 18.8. The molecule has 1 amide bonds. The number of rotatable bonds is 8. The van der Waals surface area contributed by atoms with Crippen LogP contribution in [0.15, 0.2) is 57.1 Å². The van der Waals surface area contributed by atoms with Gasteiger partial charge in [0.25, 0.3) is 0 Å². The Morgan fingerprint density at radius 2 is 2.03 bits per heavy atom. The van der Waals surface area contributed by atoms with Crippen LogP contribution in [0.1, 0.15) is 17.5 Å². The molecule has 1 aliphatic heterocycles. The number of benzene rings is 2. The summed E-state index contributed by atoms with van der Waals surface area (Å²) >= 11 is 4.45. The predicted octanol–water partition coefficient (Wildman–Crippen LogP) is 3.43. The minimum atomic E-state index is -1.04. The van der Waals surface area contributed by atoms with Gasteiger partial charge >= 0.3 is 5.97 Å². The maximum absolute atomic E-state index is 11.7. The third kappa shape index (κ3) is 6.07. The van der Waals surface area contributed by atoms with Crippen LogP contribution in [0.3, 0.4) is 0 Å². The first kappa shape index (κ1) is 21.8. The quantitative estimate of drug-likeness (QED) is 0.432. The lowest BCUT2D eigenvalue weighted by molar-refractivity contribution is -0.138. The zero-order chi connectivity index (χ0) is 21.5. The third-order valence-corrected chi connectivity index (χ3v) is 5.59. The summed E-state index contributed by atoms with van der Waals surface area (Å²) < 4.78 is 12.2. The molecule has 0 aromatic heterocycles. The number of nitrogens with zero attached hydrogens (tertiary/aromatic N) is 2. The lowest BCUT2D eigenvalue weighted by atomic mass is 10.2. The van der Waals surface area contributed by atoms with E-state index < -0.39 is 11.2 Å². The van der Waals surface area contributed by atoms with E-state index in [1.807, 2.05) is 24.3 Å². The van der Waals surface area contributed by atoms with Gasteiger partial charge in [0, 0.05) is 4.47 Å². The van der Waals surface area contributed by atoms with Crippen molar-refractivity contribution >= 4 is 51.0 Å². The fourth-order valence-corrected chi connectivity index (χ4v) is 3.70. The number of hydrogen-bond acceptors (Lipinski definition) is 7. The predicted molar refractivity (Wildman–Crippen MR) is 118 cm³/mol. The Morgan fingerprint density at radius 1 is 1.27 bits per heavy atom. The Balaban J connectivity index is 1.62. The molecule has 1 unspecified atom stereocenters. The van der Waals surface area contributed by atoms with Crippen molar-refractivity contribution in [2.24, 2.45) is 10.2 Å². The van der Waals surface area contributed by atoms with Crippen LogP contribution in [0.5, 0.6) is 11.5 Å². The van der Waals surface area contributed by atoms with E-state index >= 15 is 0 Å². The van der Waals surface area contributed by atoms with Crippen LogP contribution in [0.4, 0.5) is 0 Å². The molecule has 1 saturated heterocycles. The zero-order valence-electron chi connectivity index (χ0n) is 15.9. The van der Waals surface area contributed by atoms with E-state index in [1.165, 1.54) is 6.21 Å². The van der Waals surface area contributed by atoms with Gasteiger partial charge in [-0.3, -0.25) is 9.59 Å². The van der Waals surface area contributed by atoms with E-state index in [2.05, 4.69) is 31.4 Å². The van der Waals surface area contributed by atoms with Gasteiger partial charge in [0.15, 0.2) is 16.7 Å². The van der Waals surface area contributed by atoms with Crippen LogP contribution in [0.2, 0.25) is 0 Å². The fraction of sp³-hybridized carbons (Fsp3) is 0.200. The monoisotopic (exact) mass is 491 g/mol. The molecule has 0 aliphatic carbocycles. The van der Waals surface area contributed by atoms with E-state index in [0.717, 1.165) is 27.4 Å². The second-order valence-corrected chi connectivity index (χ2v) is 8.28. The number of carbonyl (C=O) groups is 2. The van der Waals surface area contributed by atoms with Crippen molar-refractivity contribution in [3.8, 4) is 11.5 Å². The molecule has 0 radical (unpaired) electrons. The summed E-state index contributed by atoms with van der Waals surface area (Å²) in [6, 6.07) is 13.2. The van der Waals surface area contributed by atoms with Gasteiger partial charge in [0.2, 0.25) is 5.91 Å². The normalized spacial score (nSPS) is 17.3. The second-order valence-electron chi connectivity index (χ2n) is 6.17. The SMILES string of the molecule is COc1cc(C=NN=C2NC(=O)C(CC(=O)O)S2)ccc1OCc1ccc(Br)cc1. The molecule has 0 spiro atoms. The van der Waals surface area contributed by atoms with Crippen LogP contribution in [0, 0.1) is 0 Å². The van der Waals surface area contributed by atoms with Gasteiger partial charge in [-0.2, -0.15) is 5.10 Å². The summed E-state index contributed by atoms with van der Waals surface area (Å²) in [5.74, 6) is -0.278. The summed E-state index contributed by atoms with van der Waals surface area (Å²) in [6.45, 7) is 0.402. The summed E-state index contributed by atoms with van der Waals surface area (Å²) in [5.41, 5.74) is 1.75. The lowest BCUT2D eigenvalue weighted by Crippen LogP contribution is -2.26. The molecule has 156 valence electrons. The number of methoxy groups -OCH3 is 1. The van der Waals surface area contributed by atoms with Crippen LogP contribution in [0.25, 0.3) is 0 Å². The zero-order valence-corrected chi connectivity index (χ0v) is 18.3. The molecule has 0 bridgehead atoms. The van der Waals surface area contributed by atoms with Crippen LogP contribution >= 0.6 is 27.7 Å². The average molecular weight is 492 g/mol. The molecule has 30 heavy (non-hydrogen) atoms. The topological polar surface area (TPSA) is 110 Å². The summed E-state index contributed by atoms with van der Waals surface area (Å²) in [4.78, 5) is 22.4. The van der Waals surface area contributed by atoms with Gasteiger partial charge in [-0.05, 0) is 41.5 Å². The number of thioether (sulfide) groups is 1. The standard InChI is InChI=1S/C20H18BrN3O5S/c1-28-16-8-13(4-7-15(16)29-11-12-2-5-14(21)6-3-12)10-22-24-20-23-19(27)17(30-20)9-18(25)26/h2-8,10,17H,9,11H2,1H3,(H,25,26)(H,23,24,27). The highest BCUT2D eigenvalue weighted by atomic mass is 79.9. The minimum absolute atomic E-state index is 0.266. The Morgan fingerprint density at radius 3 is 2.73 bits per heavy atom. The first-order chi connectivity index (χ1) is 14.4. The van der Waals surface area contributed by atoms with Crippen LogP contribution in [-0.4, -0.2) is 40.7 Å². The van der Waals surface area contributed by atoms with Gasteiger partial charge in [0.05, 0.1) is 19.7 Å². The Hall–Kier alpha value is -2.85. The Labute approximate surface area is 185 Å². The minimum Gasteiger partial charge on any atom is -0.493 e. The number of aliphatic carboxylic acids is 1. The van der Waals surface area contributed by atoms with Gasteiger partial charge in [-0.25, -0.2) is 0 Å². The number of carbonyl (C=O) groups excluding carboxylic acids is 1. The molecule has 8 nitrogen and oxygen atoms in total. The molecular weight excluding hydrogens is 474 g/mol. The molecule has 2 aromatic carbocycles. The molecule has 0 saturated carbocycles. The van der Waals surface area contributed by atoms with Gasteiger partial charge < -0.3 is 19.9 Å². The van der Waals surface area contributed by atoms with E-state index in [4.69, 9.17) is 14.6 Å². The summed E-state index contributed by atoms with van der Waals surface area (Å²) in [6.07, 6.45) is 1.24. The smallest absolute Gasteiger partial charge is 0.305 e. The van der Waals surface area contributed by atoms with Gasteiger partial charge in [0.1, 0.15) is 11.9 Å². The van der Waals surface area contributed by atoms with Crippen molar-refractivity contribution in [2.45, 2.75) is 18.3 Å². The lowest BCUT2D eigenvalue weighted by Gasteiger charge is -2.11. The van der Waals surface area contributed by atoms with Gasteiger partial charge in [-0.15, -0.1) is 5.10 Å². The molecule has 1 aliphatic rings. The van der Waals surface area contributed by atoms with Crippen molar-refractivity contribution in [3.05, 3.63) is 58.1 Å². The number of amidine groups is 1. The Bertz CT molecular complexity index is 994. The fourth-order valence-electron chi connectivity index (χ4n) is 2.52. The van der Waals surface area contributed by atoms with Crippen LogP contribution < -0.4 is 14.8 Å². The molecule has 2 N–H and O–H groups in total. The third-order valence-electron chi connectivity index (χ3n) is 3.99. The number of hydrogen-bond donors (Lipinski definition) is 2. The number of carboxylic acids is 1. The molecular formula is C20H18BrN3O5S. The molecule has 3 rings (SSSR count). The molecule has 1 atom stereocenters. The van der Waals surface area contributed by atoms with E-state index in [1.54, 1.807) is 25.3 Å². The summed E-state index contributed by atoms with van der Waals surface area (Å²) in [7, 11) is 1.55. The van der Waals surface area contributed by atoms with Crippen molar-refractivity contribution in [3.63, 3.8) is 0 Å². The molecule has 1 fully saturated rings. The number of nitrogens with one attached hydrogen (secondary N) is 1. The highest BCUT2D eigenvalue weighted by Crippen LogP contribution is 2.28. The van der Waals surface area contributed by atoms with Crippen molar-refractivity contribution < 1.29 is 24.2 Å². The highest BCUT2D eigenvalue weighted by Gasteiger charge is 2.32. The Kier molecular flexibility index (Phi) is 7.47. The highest BCUT2D eigenvalue weighted by molar-refractivity contribution is 9.10. The van der Waals surface area contributed by atoms with Crippen molar-refractivity contribution in [1.29, 1.82) is 0 Å². The van der Waals surface area contributed by atoms with E-state index in [9.17, 15) is 9.59 Å². The first-order valence-electron chi connectivity index (χ1n) is 8.80. The van der Waals surface area contributed by atoms with Gasteiger partial charge in [-0.1, -0.05) is 39.8 Å². The first-order valence-corrected chi connectivity index (χ1v) is 10.5. The van der Waals surface area contributed by atoms with E-state index in [0.29, 0.717) is 18.1 Å². The van der Waals surface area contributed by atoms with E-state index in [-0.39, 0.29) is 17.5 Å². The number of carboxylic acid groups (broad SMARTS) is 1. The largest absolute Gasteiger partial charge is 0.493 e. The van der Waals surface area contributed by atoms with Crippen molar-refractivity contribution in [2.75, 3.05) is 7.11 Å². The molecule has 10 heteroatoms. The van der Waals surface area contributed by atoms with Crippen molar-refractivity contribution in [1.82, 2.24) is 5.32 Å². The maximum atomic E-state index is 11.7. The number of ether oxygens (including phenoxy) is 2. The number of halogens is 1. The molecule has 1 heterocycles. The van der Waals surface area contributed by atoms with Crippen LogP contribution in [-0.2, 0) is 16.2 Å². The molecule has 2 aromatic rings. The second kappa shape index (κ2) is 10.3. The number of amides is 1. The maximum Gasteiger partial charge on any atom is 0.305 e.